The maximum Gasteiger partial charge on any atom is 0.133 e. The van der Waals surface area contributed by atoms with Gasteiger partial charge in [0.2, 0.25) is 0 Å². The lowest BCUT2D eigenvalue weighted by atomic mass is 10.2. The standard InChI is InChI=1S/C10H10BrNO/c1-12-4-3-7-5-10(13-2)8(11)6-9(7)12/h3-6H,1-2H3. The summed E-state index contributed by atoms with van der Waals surface area (Å²) in [5, 5.41) is 1.20. The zero-order chi connectivity index (χ0) is 9.42. The van der Waals surface area contributed by atoms with E-state index in [1.807, 2.05) is 19.3 Å². The number of fused-ring (bicyclic) bond motifs is 1. The van der Waals surface area contributed by atoms with E-state index in [1.54, 1.807) is 7.11 Å². The van der Waals surface area contributed by atoms with Crippen molar-refractivity contribution in [1.82, 2.24) is 4.57 Å². The molecule has 0 atom stereocenters. The van der Waals surface area contributed by atoms with E-state index in [1.165, 1.54) is 10.9 Å². The number of benzene rings is 1. The van der Waals surface area contributed by atoms with Crippen LogP contribution in [0.5, 0.6) is 5.75 Å². The minimum absolute atomic E-state index is 0.874. The molecule has 0 aliphatic heterocycles. The van der Waals surface area contributed by atoms with Crippen molar-refractivity contribution in [2.75, 3.05) is 7.11 Å². The number of ether oxygens (including phenoxy) is 1. The largest absolute Gasteiger partial charge is 0.496 e. The number of methoxy groups -OCH3 is 1. The van der Waals surface area contributed by atoms with Gasteiger partial charge in [-0.15, -0.1) is 0 Å². The fourth-order valence-electron chi connectivity index (χ4n) is 1.43. The first-order chi connectivity index (χ1) is 6.22. The summed E-state index contributed by atoms with van der Waals surface area (Å²) >= 11 is 3.46. The Morgan fingerprint density at radius 3 is 2.85 bits per heavy atom. The second-order valence-corrected chi connectivity index (χ2v) is 3.83. The van der Waals surface area contributed by atoms with Gasteiger partial charge in [-0.2, -0.15) is 0 Å². The number of nitrogens with zero attached hydrogens (tertiary/aromatic N) is 1. The van der Waals surface area contributed by atoms with Crippen molar-refractivity contribution in [2.45, 2.75) is 0 Å². The minimum Gasteiger partial charge on any atom is -0.496 e. The molecule has 0 N–H and O–H groups in total. The third kappa shape index (κ3) is 1.33. The van der Waals surface area contributed by atoms with Gasteiger partial charge in [0.1, 0.15) is 5.75 Å². The SMILES string of the molecule is COc1cc2ccn(C)c2cc1Br. The molecule has 13 heavy (non-hydrogen) atoms. The first-order valence-corrected chi connectivity index (χ1v) is 4.80. The van der Waals surface area contributed by atoms with Crippen LogP contribution in [-0.4, -0.2) is 11.7 Å². The zero-order valence-corrected chi connectivity index (χ0v) is 9.13. The van der Waals surface area contributed by atoms with Crippen LogP contribution >= 0.6 is 15.9 Å². The molecule has 2 aromatic rings. The maximum atomic E-state index is 5.21. The number of halogens is 1. The topological polar surface area (TPSA) is 14.2 Å². The summed E-state index contributed by atoms with van der Waals surface area (Å²) in [7, 11) is 3.70. The molecule has 0 saturated carbocycles. The molecule has 0 radical (unpaired) electrons. The van der Waals surface area contributed by atoms with Crippen molar-refractivity contribution in [1.29, 1.82) is 0 Å². The predicted molar refractivity (Wildman–Crippen MR) is 57.2 cm³/mol. The van der Waals surface area contributed by atoms with Gasteiger partial charge < -0.3 is 9.30 Å². The van der Waals surface area contributed by atoms with Gasteiger partial charge in [0.15, 0.2) is 0 Å². The average molecular weight is 240 g/mol. The van der Waals surface area contributed by atoms with Crippen molar-refractivity contribution in [3.8, 4) is 5.75 Å². The van der Waals surface area contributed by atoms with Gasteiger partial charge in [-0.25, -0.2) is 0 Å². The van der Waals surface area contributed by atoms with Crippen LogP contribution in [-0.2, 0) is 7.05 Å². The maximum absolute atomic E-state index is 5.21. The highest BCUT2D eigenvalue weighted by Crippen LogP contribution is 2.30. The van der Waals surface area contributed by atoms with Gasteiger partial charge in [-0.05, 0) is 34.1 Å². The molecule has 0 aliphatic carbocycles. The fourth-order valence-corrected chi connectivity index (χ4v) is 1.92. The molecular weight excluding hydrogens is 230 g/mol. The van der Waals surface area contributed by atoms with Crippen LogP contribution in [0.1, 0.15) is 0 Å². The Bertz CT molecular complexity index is 447. The molecule has 68 valence electrons. The molecule has 0 aliphatic rings. The van der Waals surface area contributed by atoms with E-state index < -0.39 is 0 Å². The van der Waals surface area contributed by atoms with Crippen LogP contribution in [0.4, 0.5) is 0 Å². The average Bonchev–Trinajstić information content (AvgIpc) is 2.47. The molecule has 1 aromatic heterocycles. The van der Waals surface area contributed by atoms with Gasteiger partial charge >= 0.3 is 0 Å². The van der Waals surface area contributed by atoms with E-state index >= 15 is 0 Å². The fraction of sp³-hybridized carbons (Fsp3) is 0.200. The molecule has 1 aromatic carbocycles. The third-order valence-corrected chi connectivity index (χ3v) is 2.78. The summed E-state index contributed by atoms with van der Waals surface area (Å²) in [4.78, 5) is 0. The molecule has 0 unspecified atom stereocenters. The number of aryl methyl sites for hydroxylation is 1. The highest BCUT2D eigenvalue weighted by Gasteiger charge is 2.04. The Balaban J connectivity index is 2.76. The molecule has 0 amide bonds. The van der Waals surface area contributed by atoms with Crippen LogP contribution in [0, 0.1) is 0 Å². The lowest BCUT2D eigenvalue weighted by molar-refractivity contribution is 0.413. The number of rotatable bonds is 1. The second kappa shape index (κ2) is 3.07. The summed E-state index contributed by atoms with van der Waals surface area (Å²) in [5.41, 5.74) is 1.20. The normalized spacial score (nSPS) is 10.7. The van der Waals surface area contributed by atoms with E-state index in [4.69, 9.17) is 4.74 Å². The molecular formula is C10H10BrNO. The van der Waals surface area contributed by atoms with Gasteiger partial charge in [0, 0.05) is 24.1 Å². The van der Waals surface area contributed by atoms with Crippen molar-refractivity contribution in [3.05, 3.63) is 28.9 Å². The predicted octanol–water partition coefficient (Wildman–Crippen LogP) is 2.95. The quantitative estimate of drug-likeness (QED) is 0.747. The Morgan fingerprint density at radius 1 is 1.38 bits per heavy atom. The van der Waals surface area contributed by atoms with Crippen molar-refractivity contribution >= 4 is 26.8 Å². The minimum atomic E-state index is 0.874. The Labute approximate surface area is 85.2 Å². The Kier molecular flexibility index (Phi) is 2.04. The third-order valence-electron chi connectivity index (χ3n) is 2.16. The number of aromatic nitrogens is 1. The molecule has 0 fully saturated rings. The van der Waals surface area contributed by atoms with E-state index in [9.17, 15) is 0 Å². The van der Waals surface area contributed by atoms with Crippen LogP contribution in [0.25, 0.3) is 10.9 Å². The van der Waals surface area contributed by atoms with Crippen molar-refractivity contribution in [3.63, 3.8) is 0 Å². The molecule has 0 saturated heterocycles. The van der Waals surface area contributed by atoms with Gasteiger partial charge in [0.25, 0.3) is 0 Å². The first-order valence-electron chi connectivity index (χ1n) is 4.01. The van der Waals surface area contributed by atoms with Gasteiger partial charge in [-0.3, -0.25) is 0 Å². The molecule has 2 nitrogen and oxygen atoms in total. The lowest BCUT2D eigenvalue weighted by Crippen LogP contribution is -1.87. The molecule has 3 heteroatoms. The van der Waals surface area contributed by atoms with Crippen LogP contribution < -0.4 is 4.74 Å². The van der Waals surface area contributed by atoms with Gasteiger partial charge in [0.05, 0.1) is 11.6 Å². The summed E-state index contributed by atoms with van der Waals surface area (Å²) in [6.45, 7) is 0. The van der Waals surface area contributed by atoms with E-state index in [0.717, 1.165) is 10.2 Å². The lowest BCUT2D eigenvalue weighted by Gasteiger charge is -2.03. The van der Waals surface area contributed by atoms with E-state index in [0.29, 0.717) is 0 Å². The molecule has 0 spiro atoms. The summed E-state index contributed by atoms with van der Waals surface area (Å²) in [6, 6.07) is 6.16. The summed E-state index contributed by atoms with van der Waals surface area (Å²) < 4.78 is 8.28. The highest BCUT2D eigenvalue weighted by atomic mass is 79.9. The molecule has 1 heterocycles. The smallest absolute Gasteiger partial charge is 0.133 e. The van der Waals surface area contributed by atoms with Crippen LogP contribution in [0.3, 0.4) is 0 Å². The van der Waals surface area contributed by atoms with Gasteiger partial charge in [-0.1, -0.05) is 0 Å². The summed E-state index contributed by atoms with van der Waals surface area (Å²) in [5.74, 6) is 0.874. The first kappa shape index (κ1) is 8.63. The van der Waals surface area contributed by atoms with Crippen LogP contribution in [0.2, 0.25) is 0 Å². The molecule has 2 rings (SSSR count). The van der Waals surface area contributed by atoms with Crippen molar-refractivity contribution < 1.29 is 4.74 Å². The Hall–Kier alpha value is -0.960. The second-order valence-electron chi connectivity index (χ2n) is 2.97. The highest BCUT2D eigenvalue weighted by molar-refractivity contribution is 9.10. The van der Waals surface area contributed by atoms with E-state index in [2.05, 4.69) is 32.6 Å². The monoisotopic (exact) mass is 239 g/mol. The van der Waals surface area contributed by atoms with Crippen molar-refractivity contribution in [2.24, 2.45) is 7.05 Å². The number of hydrogen-bond acceptors (Lipinski definition) is 1. The zero-order valence-electron chi connectivity index (χ0n) is 7.54. The Morgan fingerprint density at radius 2 is 2.15 bits per heavy atom. The van der Waals surface area contributed by atoms with E-state index in [-0.39, 0.29) is 0 Å². The van der Waals surface area contributed by atoms with Crippen LogP contribution in [0.15, 0.2) is 28.9 Å². The number of hydrogen-bond donors (Lipinski definition) is 0. The summed E-state index contributed by atoms with van der Waals surface area (Å²) in [6.07, 6.45) is 2.04. The molecule has 0 bridgehead atoms.